The second-order valence-corrected chi connectivity index (χ2v) is 8.10. The fourth-order valence-electron chi connectivity index (χ4n) is 3.00. The molecule has 10 heteroatoms. The molecule has 31 heavy (non-hydrogen) atoms. The number of nitrogens with one attached hydrogen (secondary N) is 1. The van der Waals surface area contributed by atoms with E-state index in [0.717, 1.165) is 30.4 Å². The molecular weight excluding hydrogens is 440 g/mol. The summed E-state index contributed by atoms with van der Waals surface area (Å²) in [4.78, 5) is 25.8. The molecule has 0 aliphatic carbocycles. The van der Waals surface area contributed by atoms with Gasteiger partial charge in [0.25, 0.3) is 11.1 Å². The van der Waals surface area contributed by atoms with Gasteiger partial charge in [-0.15, -0.1) is 10.2 Å². The number of benzene rings is 2. The Hall–Kier alpha value is -3.04. The van der Waals surface area contributed by atoms with Gasteiger partial charge in [-0.05, 0) is 55.0 Å². The van der Waals surface area contributed by atoms with Crippen LogP contribution in [0.1, 0.15) is 18.7 Å². The zero-order chi connectivity index (χ0) is 21.6. The highest BCUT2D eigenvalue weighted by molar-refractivity contribution is 7.99. The van der Waals surface area contributed by atoms with Crippen molar-refractivity contribution in [3.8, 4) is 5.75 Å². The SMILES string of the molecule is O=C(CSc1nnc(COc2ccc(Cl)cc2)o1)Nc1ccc(N2CCCC2=O)cc1. The van der Waals surface area contributed by atoms with E-state index in [9.17, 15) is 9.59 Å². The Morgan fingerprint density at radius 1 is 1.16 bits per heavy atom. The molecule has 1 saturated heterocycles. The molecular formula is C21H19ClN4O4S. The van der Waals surface area contributed by atoms with E-state index in [1.54, 1.807) is 41.3 Å². The molecule has 1 aliphatic heterocycles. The molecule has 0 atom stereocenters. The minimum atomic E-state index is -0.202. The molecule has 1 fully saturated rings. The fraction of sp³-hybridized carbons (Fsp3) is 0.238. The van der Waals surface area contributed by atoms with Crippen molar-refractivity contribution < 1.29 is 18.7 Å². The highest BCUT2D eigenvalue weighted by Crippen LogP contribution is 2.24. The number of ether oxygens (including phenoxy) is 1. The Bertz CT molecular complexity index is 1060. The molecule has 0 bridgehead atoms. The summed E-state index contributed by atoms with van der Waals surface area (Å²) in [5, 5.41) is 11.5. The summed E-state index contributed by atoms with van der Waals surface area (Å²) in [6, 6.07) is 14.2. The number of hydrogen-bond donors (Lipinski definition) is 1. The van der Waals surface area contributed by atoms with E-state index in [4.69, 9.17) is 20.8 Å². The standard InChI is InChI=1S/C21H19ClN4O4S/c22-14-3-9-17(10-4-14)29-12-19-24-25-21(30-19)31-13-18(27)23-15-5-7-16(8-6-15)26-11-1-2-20(26)28/h3-10H,1-2,11-13H2,(H,23,27). The summed E-state index contributed by atoms with van der Waals surface area (Å²) in [5.74, 6) is 0.991. The van der Waals surface area contributed by atoms with Crippen molar-refractivity contribution in [2.75, 3.05) is 22.5 Å². The first-order valence-electron chi connectivity index (χ1n) is 9.61. The van der Waals surface area contributed by atoms with Crippen LogP contribution in [-0.2, 0) is 16.2 Å². The van der Waals surface area contributed by atoms with E-state index < -0.39 is 0 Å². The number of carbonyl (C=O) groups is 2. The highest BCUT2D eigenvalue weighted by Gasteiger charge is 2.21. The number of thioether (sulfide) groups is 1. The van der Waals surface area contributed by atoms with Crippen molar-refractivity contribution in [3.63, 3.8) is 0 Å². The number of amides is 2. The van der Waals surface area contributed by atoms with Crippen LogP contribution < -0.4 is 15.0 Å². The Labute approximate surface area is 187 Å². The monoisotopic (exact) mass is 458 g/mol. The second-order valence-electron chi connectivity index (χ2n) is 6.74. The molecule has 4 rings (SSSR count). The van der Waals surface area contributed by atoms with Gasteiger partial charge >= 0.3 is 0 Å². The number of halogens is 1. The Kier molecular flexibility index (Phi) is 6.73. The minimum absolute atomic E-state index is 0.117. The first-order valence-corrected chi connectivity index (χ1v) is 11.0. The van der Waals surface area contributed by atoms with Gasteiger partial charge in [-0.3, -0.25) is 9.59 Å². The summed E-state index contributed by atoms with van der Waals surface area (Å²) in [5.41, 5.74) is 1.50. The third kappa shape index (κ3) is 5.77. The van der Waals surface area contributed by atoms with Gasteiger partial charge in [-0.1, -0.05) is 23.4 Å². The summed E-state index contributed by atoms with van der Waals surface area (Å²) in [7, 11) is 0. The van der Waals surface area contributed by atoms with Gasteiger partial charge in [0.1, 0.15) is 5.75 Å². The van der Waals surface area contributed by atoms with Crippen LogP contribution in [0.4, 0.5) is 11.4 Å². The number of anilines is 2. The molecule has 160 valence electrons. The van der Waals surface area contributed by atoms with E-state index in [1.807, 2.05) is 12.1 Å². The smallest absolute Gasteiger partial charge is 0.277 e. The Morgan fingerprint density at radius 2 is 1.94 bits per heavy atom. The third-order valence-electron chi connectivity index (χ3n) is 4.49. The molecule has 1 aromatic heterocycles. The summed E-state index contributed by atoms with van der Waals surface area (Å²) >= 11 is 6.97. The maximum atomic E-state index is 12.2. The lowest BCUT2D eigenvalue weighted by molar-refractivity contribution is -0.117. The van der Waals surface area contributed by atoms with Gasteiger partial charge in [0, 0.05) is 29.4 Å². The predicted octanol–water partition coefficient (Wildman–Crippen LogP) is 4.16. The molecule has 0 radical (unpaired) electrons. The Morgan fingerprint density at radius 3 is 2.65 bits per heavy atom. The van der Waals surface area contributed by atoms with Crippen LogP contribution >= 0.6 is 23.4 Å². The number of aromatic nitrogens is 2. The first-order chi connectivity index (χ1) is 15.1. The van der Waals surface area contributed by atoms with Crippen LogP contribution in [0.5, 0.6) is 5.75 Å². The zero-order valence-corrected chi connectivity index (χ0v) is 18.0. The van der Waals surface area contributed by atoms with Gasteiger partial charge in [0.2, 0.25) is 11.8 Å². The fourth-order valence-corrected chi connectivity index (χ4v) is 3.71. The molecule has 0 unspecified atom stereocenters. The Balaban J connectivity index is 1.22. The average Bonchev–Trinajstić information content (AvgIpc) is 3.41. The average molecular weight is 459 g/mol. The molecule has 1 aliphatic rings. The number of carbonyl (C=O) groups excluding carboxylic acids is 2. The molecule has 0 saturated carbocycles. The lowest BCUT2D eigenvalue weighted by atomic mass is 10.2. The zero-order valence-electron chi connectivity index (χ0n) is 16.4. The lowest BCUT2D eigenvalue weighted by Crippen LogP contribution is -2.23. The van der Waals surface area contributed by atoms with Crippen molar-refractivity contribution in [2.45, 2.75) is 24.7 Å². The van der Waals surface area contributed by atoms with Crippen molar-refractivity contribution in [3.05, 3.63) is 59.4 Å². The minimum Gasteiger partial charge on any atom is -0.484 e. The van der Waals surface area contributed by atoms with E-state index >= 15 is 0 Å². The highest BCUT2D eigenvalue weighted by atomic mass is 35.5. The van der Waals surface area contributed by atoms with Crippen LogP contribution in [0.2, 0.25) is 5.02 Å². The first kappa shape index (κ1) is 21.2. The van der Waals surface area contributed by atoms with Crippen LogP contribution in [-0.4, -0.2) is 34.3 Å². The molecule has 3 aromatic rings. The van der Waals surface area contributed by atoms with Crippen molar-refractivity contribution in [1.82, 2.24) is 10.2 Å². The number of hydrogen-bond acceptors (Lipinski definition) is 7. The van der Waals surface area contributed by atoms with Gasteiger partial charge < -0.3 is 19.4 Å². The summed E-state index contributed by atoms with van der Waals surface area (Å²) in [6.07, 6.45) is 1.46. The lowest BCUT2D eigenvalue weighted by Gasteiger charge is -2.16. The number of nitrogens with zero attached hydrogens (tertiary/aromatic N) is 3. The van der Waals surface area contributed by atoms with Gasteiger partial charge in [-0.25, -0.2) is 0 Å². The van der Waals surface area contributed by atoms with Crippen LogP contribution in [0.25, 0.3) is 0 Å². The van der Waals surface area contributed by atoms with Crippen LogP contribution in [0.15, 0.2) is 58.2 Å². The third-order valence-corrected chi connectivity index (χ3v) is 5.56. The molecule has 1 N–H and O–H groups in total. The quantitative estimate of drug-likeness (QED) is 0.506. The van der Waals surface area contributed by atoms with Gasteiger partial charge in [0.15, 0.2) is 6.61 Å². The molecule has 2 aromatic carbocycles. The van der Waals surface area contributed by atoms with Crippen LogP contribution in [0, 0.1) is 0 Å². The predicted molar refractivity (Wildman–Crippen MR) is 117 cm³/mol. The summed E-state index contributed by atoms with van der Waals surface area (Å²) < 4.78 is 11.0. The van der Waals surface area contributed by atoms with E-state index in [2.05, 4.69) is 15.5 Å². The van der Waals surface area contributed by atoms with E-state index in [-0.39, 0.29) is 29.4 Å². The molecule has 2 amide bonds. The maximum Gasteiger partial charge on any atom is 0.277 e. The number of rotatable bonds is 8. The van der Waals surface area contributed by atoms with Crippen molar-refractivity contribution >= 4 is 46.6 Å². The van der Waals surface area contributed by atoms with Gasteiger partial charge in [0.05, 0.1) is 5.75 Å². The molecule has 2 heterocycles. The van der Waals surface area contributed by atoms with Crippen molar-refractivity contribution in [2.24, 2.45) is 0 Å². The largest absolute Gasteiger partial charge is 0.484 e. The maximum absolute atomic E-state index is 12.2. The normalized spacial score (nSPS) is 13.5. The van der Waals surface area contributed by atoms with Crippen molar-refractivity contribution in [1.29, 1.82) is 0 Å². The van der Waals surface area contributed by atoms with Gasteiger partial charge in [-0.2, -0.15) is 0 Å². The molecule has 0 spiro atoms. The van der Waals surface area contributed by atoms with E-state index in [0.29, 0.717) is 28.8 Å². The summed E-state index contributed by atoms with van der Waals surface area (Å²) in [6.45, 7) is 0.853. The second kappa shape index (κ2) is 9.84. The van der Waals surface area contributed by atoms with Crippen LogP contribution in [0.3, 0.4) is 0 Å². The van der Waals surface area contributed by atoms with E-state index in [1.165, 1.54) is 0 Å². The topological polar surface area (TPSA) is 97.6 Å². The molecule has 8 nitrogen and oxygen atoms in total.